The van der Waals surface area contributed by atoms with Gasteiger partial charge in [0.05, 0.1) is 29.1 Å². The maximum absolute atomic E-state index is 13.9. The maximum Gasteiger partial charge on any atom is 0.340 e. The number of hydrogen-bond donors (Lipinski definition) is 2. The molecule has 180 valence electrons. The minimum absolute atomic E-state index is 0.0868. The Balaban J connectivity index is 1.58. The fourth-order valence-corrected chi connectivity index (χ4v) is 3.98. The number of carbonyl (C=O) groups excluding carboxylic acids is 3. The largest absolute Gasteiger partial charge is 0.462 e. The molecule has 1 aromatic heterocycles. The minimum atomic E-state index is -0.669. The van der Waals surface area contributed by atoms with E-state index >= 15 is 0 Å². The monoisotopic (exact) mass is 477 g/mol. The van der Waals surface area contributed by atoms with E-state index in [1.165, 1.54) is 18.2 Å². The van der Waals surface area contributed by atoms with Gasteiger partial charge in [0.25, 0.3) is 11.8 Å². The molecule has 0 unspecified atom stereocenters. The molecule has 1 aliphatic rings. The van der Waals surface area contributed by atoms with Crippen LogP contribution in [0.3, 0.4) is 0 Å². The van der Waals surface area contributed by atoms with Crippen LogP contribution < -0.4 is 10.7 Å². The number of aryl methyl sites for hydroxylation is 1. The molecule has 0 radical (unpaired) electrons. The lowest BCUT2D eigenvalue weighted by molar-refractivity contribution is 0.0527. The number of furan rings is 1. The van der Waals surface area contributed by atoms with Gasteiger partial charge >= 0.3 is 5.97 Å². The minimum Gasteiger partial charge on any atom is -0.462 e. The summed E-state index contributed by atoms with van der Waals surface area (Å²) in [5.41, 5.74) is 4.57. The molecule has 8 nitrogen and oxygen atoms in total. The fraction of sp³-hybridized carbons (Fsp3) is 0.231. The van der Waals surface area contributed by atoms with Crippen LogP contribution in [0.5, 0.6) is 0 Å². The molecule has 0 fully saturated rings. The molecule has 0 bridgehead atoms. The molecule has 2 N–H and O–H groups in total. The second kappa shape index (κ2) is 10.3. The first-order valence-corrected chi connectivity index (χ1v) is 11.2. The Kier molecular flexibility index (Phi) is 7.05. The number of nitrogens with one attached hydrogen (secondary N) is 2. The summed E-state index contributed by atoms with van der Waals surface area (Å²) in [7, 11) is 0. The quantitative estimate of drug-likeness (QED) is 0.397. The molecule has 1 heterocycles. The van der Waals surface area contributed by atoms with Gasteiger partial charge in [-0.15, -0.1) is 0 Å². The number of hydrazone groups is 1. The molecule has 0 atom stereocenters. The van der Waals surface area contributed by atoms with Crippen LogP contribution in [0.2, 0.25) is 0 Å². The highest BCUT2D eigenvalue weighted by molar-refractivity contribution is 6.11. The Morgan fingerprint density at radius 1 is 1.03 bits per heavy atom. The highest BCUT2D eigenvalue weighted by atomic mass is 19.1. The van der Waals surface area contributed by atoms with E-state index in [0.717, 1.165) is 0 Å². The molecule has 4 rings (SSSR count). The van der Waals surface area contributed by atoms with E-state index in [4.69, 9.17) is 9.15 Å². The normalized spacial score (nSPS) is 13.7. The number of esters is 1. The van der Waals surface area contributed by atoms with Gasteiger partial charge in [-0.3, -0.25) is 9.59 Å². The summed E-state index contributed by atoms with van der Waals surface area (Å²) in [4.78, 5) is 37.7. The molecule has 2 amide bonds. The first kappa shape index (κ1) is 23.9. The number of rotatable bonds is 6. The first-order valence-electron chi connectivity index (χ1n) is 11.2. The zero-order valence-corrected chi connectivity index (χ0v) is 19.3. The van der Waals surface area contributed by atoms with Gasteiger partial charge in [-0.05, 0) is 51.0 Å². The van der Waals surface area contributed by atoms with Gasteiger partial charge in [0.2, 0.25) is 0 Å². The van der Waals surface area contributed by atoms with E-state index in [-0.39, 0.29) is 23.5 Å². The molecule has 35 heavy (non-hydrogen) atoms. The summed E-state index contributed by atoms with van der Waals surface area (Å²) >= 11 is 0. The van der Waals surface area contributed by atoms with Crippen molar-refractivity contribution in [3.8, 4) is 0 Å². The number of benzene rings is 2. The van der Waals surface area contributed by atoms with Crippen LogP contribution in [-0.2, 0) is 11.2 Å². The third kappa shape index (κ3) is 4.98. The summed E-state index contributed by atoms with van der Waals surface area (Å²) < 4.78 is 24.8. The van der Waals surface area contributed by atoms with Crippen LogP contribution in [0, 0.1) is 12.7 Å². The van der Waals surface area contributed by atoms with Crippen molar-refractivity contribution >= 4 is 29.2 Å². The summed E-state index contributed by atoms with van der Waals surface area (Å²) in [6.07, 6.45) is 1.86. The van der Waals surface area contributed by atoms with Crippen molar-refractivity contribution in [2.24, 2.45) is 5.10 Å². The number of halogens is 1. The van der Waals surface area contributed by atoms with Crippen molar-refractivity contribution in [3.05, 3.63) is 88.1 Å². The van der Waals surface area contributed by atoms with Crippen molar-refractivity contribution in [1.29, 1.82) is 0 Å². The number of ether oxygens (including phenoxy) is 1. The van der Waals surface area contributed by atoms with Crippen LogP contribution in [-0.4, -0.2) is 30.1 Å². The molecule has 0 aliphatic heterocycles. The molecular formula is C26H24FN3O5. The molecule has 9 heteroatoms. The van der Waals surface area contributed by atoms with Gasteiger partial charge in [0.1, 0.15) is 11.6 Å². The lowest BCUT2D eigenvalue weighted by atomic mass is 9.93. The van der Waals surface area contributed by atoms with Crippen LogP contribution in [0.1, 0.15) is 67.9 Å². The zero-order chi connectivity index (χ0) is 24.9. The van der Waals surface area contributed by atoms with E-state index in [0.29, 0.717) is 47.5 Å². The van der Waals surface area contributed by atoms with Gasteiger partial charge in [-0.1, -0.05) is 24.3 Å². The molecular weight excluding hydrogens is 453 g/mol. The van der Waals surface area contributed by atoms with E-state index in [2.05, 4.69) is 15.8 Å². The average Bonchev–Trinajstić information content (AvgIpc) is 3.20. The first-order chi connectivity index (χ1) is 16.9. The predicted octanol–water partition coefficient (Wildman–Crippen LogP) is 4.63. The number of para-hydroxylation sites is 1. The molecule has 2 aromatic carbocycles. The molecule has 1 aliphatic carbocycles. The fourth-order valence-electron chi connectivity index (χ4n) is 3.98. The van der Waals surface area contributed by atoms with Crippen LogP contribution in [0.25, 0.3) is 0 Å². The van der Waals surface area contributed by atoms with E-state index in [9.17, 15) is 18.8 Å². The van der Waals surface area contributed by atoms with Crippen molar-refractivity contribution < 1.29 is 27.9 Å². The van der Waals surface area contributed by atoms with Gasteiger partial charge in [-0.2, -0.15) is 5.10 Å². The highest BCUT2D eigenvalue weighted by Gasteiger charge is 2.29. The Morgan fingerprint density at radius 2 is 1.74 bits per heavy atom. The smallest absolute Gasteiger partial charge is 0.340 e. The van der Waals surface area contributed by atoms with Gasteiger partial charge < -0.3 is 14.5 Å². The molecule has 0 saturated heterocycles. The zero-order valence-electron chi connectivity index (χ0n) is 19.3. The standard InChI is InChI=1S/C26H24FN3O5/c1-3-34-26(33)17-10-5-7-12-19(17)28-25(32)23-15(2)22-20(13-8-14-21(22)35-23)29-30-24(31)16-9-4-6-11-18(16)27/h4-7,9-12H,3,8,13-14H2,1-2H3,(H,28,32)(H,30,31)/b29-20+. The van der Waals surface area contributed by atoms with E-state index in [1.54, 1.807) is 44.2 Å². The average molecular weight is 477 g/mol. The Morgan fingerprint density at radius 3 is 2.49 bits per heavy atom. The summed E-state index contributed by atoms with van der Waals surface area (Å²) in [6, 6.07) is 12.2. The number of nitrogens with zero attached hydrogens (tertiary/aromatic N) is 1. The van der Waals surface area contributed by atoms with Crippen LogP contribution >= 0.6 is 0 Å². The summed E-state index contributed by atoms with van der Waals surface area (Å²) in [5, 5.41) is 6.94. The van der Waals surface area contributed by atoms with E-state index in [1.807, 2.05) is 0 Å². The highest BCUT2D eigenvalue weighted by Crippen LogP contribution is 2.30. The second-order valence-electron chi connectivity index (χ2n) is 7.91. The van der Waals surface area contributed by atoms with Crippen LogP contribution in [0.15, 0.2) is 58.0 Å². The van der Waals surface area contributed by atoms with Crippen molar-refractivity contribution in [1.82, 2.24) is 5.43 Å². The number of carbonyl (C=O) groups is 3. The number of fused-ring (bicyclic) bond motifs is 1. The van der Waals surface area contributed by atoms with Gasteiger partial charge in [0, 0.05) is 17.5 Å². The summed E-state index contributed by atoms with van der Waals surface area (Å²) in [6.45, 7) is 3.64. The Labute approximate surface area is 201 Å². The van der Waals surface area contributed by atoms with Crippen molar-refractivity contribution in [2.45, 2.75) is 33.1 Å². The topological polar surface area (TPSA) is 110 Å². The lowest BCUT2D eigenvalue weighted by Crippen LogP contribution is -2.23. The Bertz CT molecular complexity index is 1330. The predicted molar refractivity (Wildman–Crippen MR) is 127 cm³/mol. The summed E-state index contributed by atoms with van der Waals surface area (Å²) in [5.74, 6) is -1.71. The Hall–Kier alpha value is -4.27. The van der Waals surface area contributed by atoms with Crippen molar-refractivity contribution in [2.75, 3.05) is 11.9 Å². The molecule has 3 aromatic rings. The molecule has 0 saturated carbocycles. The third-order valence-corrected chi connectivity index (χ3v) is 5.61. The second-order valence-corrected chi connectivity index (χ2v) is 7.91. The SMILES string of the molecule is CCOC(=O)c1ccccc1NC(=O)c1oc2c(c1C)/C(=N/NC(=O)c1ccccc1F)CCC2. The lowest BCUT2D eigenvalue weighted by Gasteiger charge is -2.13. The molecule has 0 spiro atoms. The van der Waals surface area contributed by atoms with Gasteiger partial charge in [-0.25, -0.2) is 14.6 Å². The number of anilines is 1. The third-order valence-electron chi connectivity index (χ3n) is 5.61. The van der Waals surface area contributed by atoms with Gasteiger partial charge in [0.15, 0.2) is 5.76 Å². The van der Waals surface area contributed by atoms with Crippen LogP contribution in [0.4, 0.5) is 10.1 Å². The number of amides is 2. The van der Waals surface area contributed by atoms with E-state index < -0.39 is 23.6 Å². The maximum atomic E-state index is 13.9. The van der Waals surface area contributed by atoms with Crippen molar-refractivity contribution in [3.63, 3.8) is 0 Å². The number of hydrogen-bond acceptors (Lipinski definition) is 6.